The molecule has 0 bridgehead atoms. The molecule has 5 heteroatoms. The summed E-state index contributed by atoms with van der Waals surface area (Å²) in [5.74, 6) is 0.135. The quantitative estimate of drug-likeness (QED) is 0.746. The van der Waals surface area contributed by atoms with Crippen molar-refractivity contribution < 1.29 is 5.11 Å². The number of benzene rings is 1. The number of para-hydroxylation sites is 1. The van der Waals surface area contributed by atoms with E-state index in [1.54, 1.807) is 19.2 Å². The number of aromatic hydroxyl groups is 1. The number of nitrogens with one attached hydrogen (secondary N) is 1. The second-order valence-corrected chi connectivity index (χ2v) is 4.45. The molecular weight excluding hydrogens is 254 g/mol. The Kier molecular flexibility index (Phi) is 2.95. The maximum absolute atomic E-state index is 11.9. The minimum absolute atomic E-state index is 0.216. The molecule has 0 saturated heterocycles. The van der Waals surface area contributed by atoms with Crippen LogP contribution in [0.25, 0.3) is 22.3 Å². The van der Waals surface area contributed by atoms with Crippen molar-refractivity contribution in [1.29, 1.82) is 0 Å². The van der Waals surface area contributed by atoms with E-state index in [2.05, 4.69) is 15.0 Å². The number of fused-ring (bicyclic) bond motifs is 1. The van der Waals surface area contributed by atoms with Gasteiger partial charge in [0.1, 0.15) is 5.82 Å². The molecule has 0 aliphatic carbocycles. The lowest BCUT2D eigenvalue weighted by Gasteiger charge is -2.07. The molecule has 2 N–H and O–H groups in total. The van der Waals surface area contributed by atoms with E-state index >= 15 is 0 Å². The summed E-state index contributed by atoms with van der Waals surface area (Å²) in [5, 5.41) is 10.7. The Morgan fingerprint density at radius 3 is 2.80 bits per heavy atom. The van der Waals surface area contributed by atoms with Gasteiger partial charge in [0.2, 0.25) is 5.88 Å². The van der Waals surface area contributed by atoms with E-state index in [1.807, 2.05) is 24.3 Å². The molecule has 0 saturated carbocycles. The number of pyridine rings is 1. The first-order chi connectivity index (χ1) is 9.70. The molecule has 5 nitrogen and oxygen atoms in total. The van der Waals surface area contributed by atoms with Crippen LogP contribution in [-0.2, 0) is 6.42 Å². The van der Waals surface area contributed by atoms with Crippen molar-refractivity contribution in [1.82, 2.24) is 15.0 Å². The number of aromatic amines is 1. The molecule has 0 spiro atoms. The number of aromatic nitrogens is 3. The maximum atomic E-state index is 11.9. The van der Waals surface area contributed by atoms with E-state index in [-0.39, 0.29) is 11.4 Å². The third-order valence-electron chi connectivity index (χ3n) is 3.25. The zero-order chi connectivity index (χ0) is 14.1. The monoisotopic (exact) mass is 267 g/mol. The molecule has 0 amide bonds. The topological polar surface area (TPSA) is 78.9 Å². The zero-order valence-electron chi connectivity index (χ0n) is 10.9. The lowest BCUT2D eigenvalue weighted by molar-refractivity contribution is 0.444. The van der Waals surface area contributed by atoms with Crippen molar-refractivity contribution in [2.45, 2.75) is 13.3 Å². The molecular formula is C15H13N3O2. The Hall–Kier alpha value is -2.69. The van der Waals surface area contributed by atoms with Gasteiger partial charge in [-0.3, -0.25) is 9.78 Å². The summed E-state index contributed by atoms with van der Waals surface area (Å²) >= 11 is 0. The Morgan fingerprint density at radius 1 is 1.25 bits per heavy atom. The first kappa shape index (κ1) is 12.3. The number of rotatable bonds is 2. The van der Waals surface area contributed by atoms with Crippen LogP contribution in [-0.4, -0.2) is 20.1 Å². The van der Waals surface area contributed by atoms with Crippen molar-refractivity contribution in [2.24, 2.45) is 0 Å². The molecule has 0 radical (unpaired) electrons. The summed E-state index contributed by atoms with van der Waals surface area (Å²) in [4.78, 5) is 23.0. The van der Waals surface area contributed by atoms with E-state index in [1.165, 1.54) is 0 Å². The van der Waals surface area contributed by atoms with Crippen molar-refractivity contribution >= 4 is 10.9 Å². The highest BCUT2D eigenvalue weighted by Crippen LogP contribution is 2.25. The molecule has 20 heavy (non-hydrogen) atoms. The van der Waals surface area contributed by atoms with Crippen molar-refractivity contribution in [3.63, 3.8) is 0 Å². The highest BCUT2D eigenvalue weighted by Gasteiger charge is 2.12. The van der Waals surface area contributed by atoms with Crippen LogP contribution in [0.4, 0.5) is 0 Å². The largest absolute Gasteiger partial charge is 0.493 e. The summed E-state index contributed by atoms with van der Waals surface area (Å²) in [5.41, 5.74) is 1.54. The highest BCUT2D eigenvalue weighted by atomic mass is 16.3. The van der Waals surface area contributed by atoms with Crippen LogP contribution in [0, 0.1) is 0 Å². The van der Waals surface area contributed by atoms with E-state index in [0.29, 0.717) is 17.8 Å². The van der Waals surface area contributed by atoms with Crippen LogP contribution in [0.5, 0.6) is 5.88 Å². The molecule has 0 fully saturated rings. The molecule has 100 valence electrons. The molecule has 0 aliphatic heterocycles. The van der Waals surface area contributed by atoms with Gasteiger partial charge >= 0.3 is 0 Å². The lowest BCUT2D eigenvalue weighted by atomic mass is 10.1. The minimum Gasteiger partial charge on any atom is -0.493 e. The highest BCUT2D eigenvalue weighted by molar-refractivity contribution is 5.92. The number of hydrogen-bond acceptors (Lipinski definition) is 4. The molecule has 0 atom stereocenters. The van der Waals surface area contributed by atoms with E-state index in [4.69, 9.17) is 0 Å². The summed E-state index contributed by atoms with van der Waals surface area (Å²) in [7, 11) is 0. The summed E-state index contributed by atoms with van der Waals surface area (Å²) in [6.45, 7) is 1.80. The fourth-order valence-corrected chi connectivity index (χ4v) is 2.23. The van der Waals surface area contributed by atoms with Gasteiger partial charge in [-0.25, -0.2) is 0 Å². The second-order valence-electron chi connectivity index (χ2n) is 4.45. The van der Waals surface area contributed by atoms with Crippen LogP contribution < -0.4 is 5.56 Å². The molecule has 0 aliphatic rings. The Labute approximate surface area is 115 Å². The number of hydrogen-bond donors (Lipinski definition) is 2. The van der Waals surface area contributed by atoms with Gasteiger partial charge in [-0.05, 0) is 18.6 Å². The molecule has 3 aromatic rings. The third kappa shape index (κ3) is 1.93. The minimum atomic E-state index is -0.309. The van der Waals surface area contributed by atoms with Gasteiger partial charge in [0.25, 0.3) is 5.56 Å². The average Bonchev–Trinajstić information content (AvgIpc) is 2.46. The first-order valence-electron chi connectivity index (χ1n) is 6.37. The van der Waals surface area contributed by atoms with Crippen LogP contribution in [0.2, 0.25) is 0 Å². The smallest absolute Gasteiger partial charge is 0.258 e. The van der Waals surface area contributed by atoms with Crippen LogP contribution >= 0.6 is 0 Å². The number of H-pyrrole nitrogens is 1. The average molecular weight is 267 g/mol. The van der Waals surface area contributed by atoms with Crippen LogP contribution in [0.1, 0.15) is 12.5 Å². The van der Waals surface area contributed by atoms with Gasteiger partial charge in [0.05, 0.1) is 11.1 Å². The predicted octanol–water partition coefficient (Wildman–Crippen LogP) is 2.25. The van der Waals surface area contributed by atoms with Gasteiger partial charge in [-0.2, -0.15) is 4.98 Å². The van der Waals surface area contributed by atoms with Crippen molar-refractivity contribution in [2.75, 3.05) is 0 Å². The van der Waals surface area contributed by atoms with Gasteiger partial charge in [0, 0.05) is 17.1 Å². The summed E-state index contributed by atoms with van der Waals surface area (Å²) in [6.07, 6.45) is 2.09. The lowest BCUT2D eigenvalue weighted by Crippen LogP contribution is -2.14. The van der Waals surface area contributed by atoms with E-state index < -0.39 is 0 Å². The normalized spacial score (nSPS) is 10.8. The summed E-state index contributed by atoms with van der Waals surface area (Å²) in [6, 6.07) is 9.35. The second kappa shape index (κ2) is 4.77. The fourth-order valence-electron chi connectivity index (χ4n) is 2.23. The first-order valence-corrected chi connectivity index (χ1v) is 6.37. The molecule has 1 aromatic carbocycles. The van der Waals surface area contributed by atoms with E-state index in [9.17, 15) is 9.90 Å². The Bertz CT molecular complexity index is 835. The predicted molar refractivity (Wildman–Crippen MR) is 76.6 cm³/mol. The van der Waals surface area contributed by atoms with Crippen molar-refractivity contribution in [3.8, 4) is 17.3 Å². The van der Waals surface area contributed by atoms with Gasteiger partial charge in [-0.1, -0.05) is 25.1 Å². The third-order valence-corrected chi connectivity index (χ3v) is 3.25. The Balaban J connectivity index is 2.29. The van der Waals surface area contributed by atoms with Gasteiger partial charge in [-0.15, -0.1) is 0 Å². The van der Waals surface area contributed by atoms with Gasteiger partial charge < -0.3 is 10.1 Å². The fraction of sp³-hybridized carbons (Fsp3) is 0.133. The SMILES string of the molecule is CCc1c(O)nc(-c2ccnc3ccccc23)[nH]c1=O. The summed E-state index contributed by atoms with van der Waals surface area (Å²) < 4.78 is 0. The molecule has 2 heterocycles. The van der Waals surface area contributed by atoms with Crippen LogP contribution in [0.3, 0.4) is 0 Å². The van der Waals surface area contributed by atoms with Gasteiger partial charge in [0.15, 0.2) is 0 Å². The van der Waals surface area contributed by atoms with E-state index in [0.717, 1.165) is 16.5 Å². The molecule has 2 aromatic heterocycles. The zero-order valence-corrected chi connectivity index (χ0v) is 10.9. The Morgan fingerprint density at radius 2 is 2.05 bits per heavy atom. The standard InChI is InChI=1S/C15H13N3O2/c1-2-9-14(19)17-13(18-15(9)20)11-7-8-16-12-6-4-3-5-10(11)12/h3-8H,2H2,1H3,(H2,17,18,19,20). The number of nitrogens with zero attached hydrogens (tertiary/aromatic N) is 2. The van der Waals surface area contributed by atoms with Crippen molar-refractivity contribution in [3.05, 3.63) is 52.4 Å². The molecule has 0 unspecified atom stereocenters. The van der Waals surface area contributed by atoms with Crippen LogP contribution in [0.15, 0.2) is 41.3 Å². The maximum Gasteiger partial charge on any atom is 0.258 e. The molecule has 3 rings (SSSR count).